The molecule has 3 rings (SSSR count). The normalized spacial score (nSPS) is 11.9. The van der Waals surface area contributed by atoms with Gasteiger partial charge in [-0.05, 0) is 32.0 Å². The highest BCUT2D eigenvalue weighted by atomic mass is 19.1. The van der Waals surface area contributed by atoms with Crippen LogP contribution in [0.25, 0.3) is 10.9 Å². The zero-order chi connectivity index (χ0) is 20.3. The average molecular weight is 384 g/mol. The molecular weight excluding hydrogens is 366 g/mol. The molecule has 1 amide bonds. The number of aromatic nitrogens is 1. The Kier molecular flexibility index (Phi) is 5.63. The van der Waals surface area contributed by atoms with Crippen molar-refractivity contribution in [3.63, 3.8) is 0 Å². The number of ether oxygens (including phenoxy) is 1. The molecule has 2 aromatic carbocycles. The molecule has 0 saturated carbocycles. The van der Waals surface area contributed by atoms with E-state index in [1.54, 1.807) is 38.1 Å². The first-order chi connectivity index (χ1) is 13.3. The molecule has 0 spiro atoms. The summed E-state index contributed by atoms with van der Waals surface area (Å²) >= 11 is 0. The lowest BCUT2D eigenvalue weighted by molar-refractivity contribution is -0.124. The maximum absolute atomic E-state index is 13.8. The Hall–Kier alpha value is -3.35. The Balaban J connectivity index is 1.65. The number of carbonyl (C=O) groups excluding carboxylic acids is 2. The van der Waals surface area contributed by atoms with Gasteiger partial charge in [0.1, 0.15) is 11.6 Å². The highest BCUT2D eigenvalue weighted by Crippen LogP contribution is 2.20. The third kappa shape index (κ3) is 4.31. The van der Waals surface area contributed by atoms with Crippen LogP contribution in [0.4, 0.5) is 8.78 Å². The number of esters is 1. The number of hydrogen-bond acceptors (Lipinski definition) is 4. The first-order valence-corrected chi connectivity index (χ1v) is 8.63. The second-order valence-electron chi connectivity index (χ2n) is 6.36. The van der Waals surface area contributed by atoms with Crippen LogP contribution >= 0.6 is 0 Å². The molecule has 1 heterocycles. The zero-order valence-corrected chi connectivity index (χ0v) is 15.3. The largest absolute Gasteiger partial charge is 0.452 e. The van der Waals surface area contributed by atoms with E-state index in [0.717, 1.165) is 12.1 Å². The number of halogens is 2. The fraction of sp³-hybridized carbons (Fsp3) is 0.190. The number of rotatable bonds is 5. The lowest BCUT2D eigenvalue weighted by atomic mass is 10.1. The van der Waals surface area contributed by atoms with Crippen LogP contribution in [0.15, 0.2) is 48.5 Å². The van der Waals surface area contributed by atoms with Crippen molar-refractivity contribution in [3.8, 4) is 0 Å². The third-order valence-corrected chi connectivity index (χ3v) is 4.21. The molecule has 1 N–H and O–H groups in total. The van der Waals surface area contributed by atoms with Gasteiger partial charge in [0.15, 0.2) is 6.61 Å². The van der Waals surface area contributed by atoms with Crippen LogP contribution in [0.2, 0.25) is 0 Å². The fourth-order valence-electron chi connectivity index (χ4n) is 2.90. The van der Waals surface area contributed by atoms with E-state index in [4.69, 9.17) is 4.74 Å². The summed E-state index contributed by atoms with van der Waals surface area (Å²) in [6, 6.07) is 11.1. The fourth-order valence-corrected chi connectivity index (χ4v) is 2.90. The second kappa shape index (κ2) is 8.12. The van der Waals surface area contributed by atoms with Gasteiger partial charge in [-0.15, -0.1) is 0 Å². The molecule has 144 valence electrons. The summed E-state index contributed by atoms with van der Waals surface area (Å²) in [6.45, 7) is 2.78. The number of benzene rings is 2. The van der Waals surface area contributed by atoms with E-state index in [1.807, 2.05) is 6.07 Å². The quantitative estimate of drug-likeness (QED) is 0.679. The summed E-state index contributed by atoms with van der Waals surface area (Å²) in [4.78, 5) is 28.9. The summed E-state index contributed by atoms with van der Waals surface area (Å²) in [7, 11) is 0. The molecule has 0 bridgehead atoms. The van der Waals surface area contributed by atoms with Crippen molar-refractivity contribution in [1.82, 2.24) is 10.3 Å². The first kappa shape index (κ1) is 19.4. The van der Waals surface area contributed by atoms with Crippen molar-refractivity contribution in [2.24, 2.45) is 0 Å². The van der Waals surface area contributed by atoms with Gasteiger partial charge in [-0.1, -0.05) is 24.3 Å². The molecule has 0 fully saturated rings. The van der Waals surface area contributed by atoms with Crippen molar-refractivity contribution in [2.45, 2.75) is 19.9 Å². The van der Waals surface area contributed by atoms with E-state index in [2.05, 4.69) is 10.3 Å². The van der Waals surface area contributed by atoms with Crippen molar-refractivity contribution >= 4 is 22.8 Å². The molecular formula is C21H18F2N2O3. The molecule has 0 radical (unpaired) electrons. The number of amides is 1. The van der Waals surface area contributed by atoms with Gasteiger partial charge in [0.25, 0.3) is 5.91 Å². The van der Waals surface area contributed by atoms with Crippen LogP contribution in [0, 0.1) is 18.6 Å². The van der Waals surface area contributed by atoms with E-state index in [1.165, 1.54) is 6.07 Å². The molecule has 1 aromatic heterocycles. The van der Waals surface area contributed by atoms with E-state index >= 15 is 0 Å². The monoisotopic (exact) mass is 384 g/mol. The van der Waals surface area contributed by atoms with Crippen LogP contribution < -0.4 is 5.32 Å². The molecule has 0 saturated heterocycles. The molecule has 0 unspecified atom stereocenters. The van der Waals surface area contributed by atoms with Gasteiger partial charge in [0.2, 0.25) is 0 Å². The van der Waals surface area contributed by atoms with Gasteiger partial charge in [-0.3, -0.25) is 9.78 Å². The number of nitrogens with one attached hydrogen (secondary N) is 1. The van der Waals surface area contributed by atoms with Gasteiger partial charge < -0.3 is 10.1 Å². The SMILES string of the molecule is Cc1cc(C(=O)OCC(=O)N[C@H](C)c2ccc(F)cc2F)c2ccccc2n1. The molecule has 0 aliphatic rings. The molecule has 1 atom stereocenters. The summed E-state index contributed by atoms with van der Waals surface area (Å²) in [5.74, 6) is -2.71. The first-order valence-electron chi connectivity index (χ1n) is 8.63. The lowest BCUT2D eigenvalue weighted by Gasteiger charge is -2.15. The van der Waals surface area contributed by atoms with Crippen LogP contribution in [-0.2, 0) is 9.53 Å². The van der Waals surface area contributed by atoms with Crippen LogP contribution in [0.5, 0.6) is 0 Å². The van der Waals surface area contributed by atoms with Crippen LogP contribution in [0.1, 0.15) is 34.6 Å². The second-order valence-corrected chi connectivity index (χ2v) is 6.36. The molecule has 0 aliphatic heterocycles. The van der Waals surface area contributed by atoms with Gasteiger partial charge >= 0.3 is 5.97 Å². The Morgan fingerprint density at radius 1 is 1.14 bits per heavy atom. The number of aryl methyl sites for hydroxylation is 1. The molecule has 5 nitrogen and oxygen atoms in total. The maximum atomic E-state index is 13.8. The van der Waals surface area contributed by atoms with Gasteiger partial charge in [0, 0.05) is 22.7 Å². The zero-order valence-electron chi connectivity index (χ0n) is 15.3. The number of hydrogen-bond donors (Lipinski definition) is 1. The summed E-state index contributed by atoms with van der Waals surface area (Å²) < 4.78 is 31.9. The summed E-state index contributed by atoms with van der Waals surface area (Å²) in [6.07, 6.45) is 0. The Labute approximate surface area is 160 Å². The number of para-hydroxylation sites is 1. The van der Waals surface area contributed by atoms with E-state index in [0.29, 0.717) is 22.2 Å². The minimum atomic E-state index is -0.761. The predicted octanol–water partition coefficient (Wildman–Crippen LogP) is 3.86. The van der Waals surface area contributed by atoms with Crippen molar-refractivity contribution in [2.75, 3.05) is 6.61 Å². The van der Waals surface area contributed by atoms with Gasteiger partial charge in [-0.25, -0.2) is 13.6 Å². The minimum Gasteiger partial charge on any atom is -0.452 e. The molecule has 7 heteroatoms. The van der Waals surface area contributed by atoms with Crippen molar-refractivity contribution < 1.29 is 23.1 Å². The third-order valence-electron chi connectivity index (χ3n) is 4.21. The average Bonchev–Trinajstić information content (AvgIpc) is 2.65. The summed E-state index contributed by atoms with van der Waals surface area (Å²) in [5, 5.41) is 3.15. The molecule has 0 aliphatic carbocycles. The standard InChI is InChI=1S/C21H18F2N2O3/c1-12-9-17(16-5-3-4-6-19(16)24-12)21(27)28-11-20(26)25-13(2)15-8-7-14(22)10-18(15)23/h3-10,13H,11H2,1-2H3,(H,25,26)/t13-/m1/s1. The van der Waals surface area contributed by atoms with Crippen LogP contribution in [0.3, 0.4) is 0 Å². The Bertz CT molecular complexity index is 1050. The Morgan fingerprint density at radius 3 is 2.64 bits per heavy atom. The van der Waals surface area contributed by atoms with E-state index in [9.17, 15) is 18.4 Å². The topological polar surface area (TPSA) is 68.3 Å². The Morgan fingerprint density at radius 2 is 1.89 bits per heavy atom. The highest BCUT2D eigenvalue weighted by molar-refractivity contribution is 6.04. The highest BCUT2D eigenvalue weighted by Gasteiger charge is 2.17. The smallest absolute Gasteiger partial charge is 0.339 e. The number of nitrogens with zero attached hydrogens (tertiary/aromatic N) is 1. The number of carbonyl (C=O) groups is 2. The molecule has 28 heavy (non-hydrogen) atoms. The van der Waals surface area contributed by atoms with Crippen LogP contribution in [-0.4, -0.2) is 23.5 Å². The van der Waals surface area contributed by atoms with Gasteiger partial charge in [0.05, 0.1) is 17.1 Å². The number of pyridine rings is 1. The lowest BCUT2D eigenvalue weighted by Crippen LogP contribution is -2.31. The summed E-state index contributed by atoms with van der Waals surface area (Å²) in [5.41, 5.74) is 1.75. The van der Waals surface area contributed by atoms with E-state index < -0.39 is 36.2 Å². The van der Waals surface area contributed by atoms with E-state index in [-0.39, 0.29) is 5.56 Å². The van der Waals surface area contributed by atoms with Crippen molar-refractivity contribution in [1.29, 1.82) is 0 Å². The number of fused-ring (bicyclic) bond motifs is 1. The maximum Gasteiger partial charge on any atom is 0.339 e. The van der Waals surface area contributed by atoms with Gasteiger partial charge in [-0.2, -0.15) is 0 Å². The molecule has 3 aromatic rings. The predicted molar refractivity (Wildman–Crippen MR) is 99.7 cm³/mol. The minimum absolute atomic E-state index is 0.136. The van der Waals surface area contributed by atoms with Crippen molar-refractivity contribution in [3.05, 3.63) is 77.0 Å².